The van der Waals surface area contributed by atoms with Crippen molar-refractivity contribution in [2.45, 2.75) is 51.0 Å². The Hall–Kier alpha value is -2.17. The number of piperidine rings is 1. The van der Waals surface area contributed by atoms with Crippen molar-refractivity contribution < 1.29 is 9.59 Å². The summed E-state index contributed by atoms with van der Waals surface area (Å²) in [6.07, 6.45) is 14.4. The Bertz CT molecular complexity index is 609. The summed E-state index contributed by atoms with van der Waals surface area (Å²) in [6.45, 7) is 1.25. The van der Waals surface area contributed by atoms with Gasteiger partial charge in [-0.3, -0.25) is 14.6 Å². The minimum Gasteiger partial charge on any atom is -0.353 e. The quantitative estimate of drug-likeness (QED) is 0.857. The number of hydrogen-bond donors (Lipinski definition) is 1. The first-order valence-corrected chi connectivity index (χ1v) is 9.40. The van der Waals surface area contributed by atoms with E-state index in [2.05, 4.69) is 10.3 Å². The number of carbonyl (C=O) groups excluding carboxylic acids is 2. The van der Waals surface area contributed by atoms with Crippen LogP contribution in [-0.2, 0) is 9.59 Å². The van der Waals surface area contributed by atoms with Crippen molar-refractivity contribution in [1.29, 1.82) is 0 Å². The van der Waals surface area contributed by atoms with Crippen LogP contribution in [0.5, 0.6) is 0 Å². The minimum absolute atomic E-state index is 0.0287. The van der Waals surface area contributed by atoms with Crippen LogP contribution in [0.2, 0.25) is 0 Å². The third-order valence-electron chi connectivity index (χ3n) is 5.16. The van der Waals surface area contributed by atoms with E-state index in [4.69, 9.17) is 0 Å². The van der Waals surface area contributed by atoms with E-state index in [-0.39, 0.29) is 17.7 Å². The maximum absolute atomic E-state index is 12.5. The molecule has 0 bridgehead atoms. The Morgan fingerprint density at radius 3 is 2.76 bits per heavy atom. The number of likely N-dealkylation sites (tertiary alicyclic amines) is 1. The number of nitrogens with zero attached hydrogens (tertiary/aromatic N) is 2. The van der Waals surface area contributed by atoms with Gasteiger partial charge in [0.15, 0.2) is 0 Å². The fourth-order valence-electron chi connectivity index (χ4n) is 3.70. The lowest BCUT2D eigenvalue weighted by atomic mass is 9.93. The molecule has 2 heterocycles. The molecule has 5 nitrogen and oxygen atoms in total. The summed E-state index contributed by atoms with van der Waals surface area (Å²) in [5, 5.41) is 3.20. The molecule has 1 aliphatic carbocycles. The molecular weight excluding hydrogens is 314 g/mol. The lowest BCUT2D eigenvalue weighted by Crippen LogP contribution is -2.47. The Morgan fingerprint density at radius 2 is 2.00 bits per heavy atom. The fourth-order valence-corrected chi connectivity index (χ4v) is 3.70. The summed E-state index contributed by atoms with van der Waals surface area (Å²) in [4.78, 5) is 30.8. The summed E-state index contributed by atoms with van der Waals surface area (Å²) in [7, 11) is 0. The molecule has 5 heteroatoms. The zero-order valence-corrected chi connectivity index (χ0v) is 14.7. The zero-order chi connectivity index (χ0) is 17.5. The molecule has 0 radical (unpaired) electrons. The summed E-state index contributed by atoms with van der Waals surface area (Å²) in [5.41, 5.74) is 0.902. The topological polar surface area (TPSA) is 62.3 Å². The predicted octanol–water partition coefficient (Wildman–Crippen LogP) is 2.78. The highest BCUT2D eigenvalue weighted by Crippen LogP contribution is 2.21. The molecule has 2 aliphatic rings. The van der Waals surface area contributed by atoms with Gasteiger partial charge in [0.2, 0.25) is 11.8 Å². The molecule has 2 amide bonds. The zero-order valence-electron chi connectivity index (χ0n) is 14.7. The smallest absolute Gasteiger partial charge is 0.246 e. The molecule has 1 aromatic heterocycles. The van der Waals surface area contributed by atoms with Crippen molar-refractivity contribution in [3.05, 3.63) is 36.2 Å². The van der Waals surface area contributed by atoms with Gasteiger partial charge in [0.05, 0.1) is 5.92 Å². The Labute approximate surface area is 149 Å². The van der Waals surface area contributed by atoms with Crippen LogP contribution in [0.25, 0.3) is 6.08 Å². The summed E-state index contributed by atoms with van der Waals surface area (Å²) >= 11 is 0. The van der Waals surface area contributed by atoms with Crippen LogP contribution in [0.15, 0.2) is 30.6 Å². The van der Waals surface area contributed by atoms with Crippen LogP contribution < -0.4 is 5.32 Å². The average Bonchev–Trinajstić information content (AvgIpc) is 2.68. The van der Waals surface area contributed by atoms with Crippen molar-refractivity contribution >= 4 is 17.9 Å². The Kier molecular flexibility index (Phi) is 6.20. The van der Waals surface area contributed by atoms with E-state index in [0.717, 1.165) is 37.8 Å². The van der Waals surface area contributed by atoms with Crippen molar-refractivity contribution in [2.24, 2.45) is 5.92 Å². The molecule has 1 aromatic rings. The fraction of sp³-hybridized carbons (Fsp3) is 0.550. The molecule has 0 spiro atoms. The maximum atomic E-state index is 12.5. The highest BCUT2D eigenvalue weighted by atomic mass is 16.2. The van der Waals surface area contributed by atoms with Crippen LogP contribution >= 0.6 is 0 Å². The van der Waals surface area contributed by atoms with E-state index in [1.54, 1.807) is 29.4 Å². The van der Waals surface area contributed by atoms with Crippen molar-refractivity contribution in [3.8, 4) is 0 Å². The summed E-state index contributed by atoms with van der Waals surface area (Å²) < 4.78 is 0. The second kappa shape index (κ2) is 8.79. The molecule has 3 rings (SSSR count). The number of rotatable bonds is 4. The van der Waals surface area contributed by atoms with Gasteiger partial charge in [0.1, 0.15) is 0 Å². The molecule has 1 saturated carbocycles. The number of carbonyl (C=O) groups is 2. The second-order valence-corrected chi connectivity index (χ2v) is 7.09. The van der Waals surface area contributed by atoms with Crippen molar-refractivity contribution in [1.82, 2.24) is 15.2 Å². The highest BCUT2D eigenvalue weighted by molar-refractivity contribution is 5.92. The summed E-state index contributed by atoms with van der Waals surface area (Å²) in [5.74, 6) is 0.0195. The van der Waals surface area contributed by atoms with E-state index in [9.17, 15) is 9.59 Å². The standard InChI is InChI=1S/C20H27N3O2/c24-19(11-10-16-6-4-12-21-14-16)23-13-5-7-17(15-23)20(25)22-18-8-2-1-3-9-18/h4,6,10-12,14,17-18H,1-3,5,7-9,13,15H2,(H,22,25)/b11-10+. The van der Waals surface area contributed by atoms with Crippen LogP contribution in [-0.4, -0.2) is 40.8 Å². The Balaban J connectivity index is 1.52. The number of pyridine rings is 1. The van der Waals surface area contributed by atoms with E-state index in [1.807, 2.05) is 12.1 Å². The summed E-state index contributed by atoms with van der Waals surface area (Å²) in [6, 6.07) is 4.09. The van der Waals surface area contributed by atoms with Gasteiger partial charge in [0.25, 0.3) is 0 Å². The van der Waals surface area contributed by atoms with Gasteiger partial charge < -0.3 is 10.2 Å². The SMILES string of the molecule is O=C(NC1CCCCC1)C1CCCN(C(=O)/C=C/c2cccnc2)C1. The molecule has 1 aliphatic heterocycles. The number of aromatic nitrogens is 1. The first-order chi connectivity index (χ1) is 12.2. The first-order valence-electron chi connectivity index (χ1n) is 9.40. The van der Waals surface area contributed by atoms with E-state index >= 15 is 0 Å². The van der Waals surface area contributed by atoms with Crippen LogP contribution in [0.1, 0.15) is 50.5 Å². The third-order valence-corrected chi connectivity index (χ3v) is 5.16. The van der Waals surface area contributed by atoms with Crippen LogP contribution in [0, 0.1) is 5.92 Å². The number of hydrogen-bond acceptors (Lipinski definition) is 3. The highest BCUT2D eigenvalue weighted by Gasteiger charge is 2.29. The van der Waals surface area contributed by atoms with Gasteiger partial charge in [-0.05, 0) is 43.4 Å². The van der Waals surface area contributed by atoms with Gasteiger partial charge in [-0.1, -0.05) is 25.3 Å². The molecule has 25 heavy (non-hydrogen) atoms. The lowest BCUT2D eigenvalue weighted by Gasteiger charge is -2.33. The molecule has 1 unspecified atom stereocenters. The second-order valence-electron chi connectivity index (χ2n) is 7.09. The lowest BCUT2D eigenvalue weighted by molar-refractivity contribution is -0.132. The normalized spacial score (nSPS) is 22.1. The van der Waals surface area contributed by atoms with Gasteiger partial charge in [-0.15, -0.1) is 0 Å². The van der Waals surface area contributed by atoms with Crippen LogP contribution in [0.3, 0.4) is 0 Å². The molecular formula is C20H27N3O2. The molecule has 2 fully saturated rings. The van der Waals surface area contributed by atoms with E-state index in [1.165, 1.54) is 19.3 Å². The predicted molar refractivity (Wildman–Crippen MR) is 97.6 cm³/mol. The van der Waals surface area contributed by atoms with Crippen molar-refractivity contribution in [3.63, 3.8) is 0 Å². The monoisotopic (exact) mass is 341 g/mol. The minimum atomic E-state index is -0.0774. The van der Waals surface area contributed by atoms with Gasteiger partial charge >= 0.3 is 0 Å². The van der Waals surface area contributed by atoms with Gasteiger partial charge in [-0.25, -0.2) is 0 Å². The molecule has 1 saturated heterocycles. The van der Waals surface area contributed by atoms with Crippen molar-refractivity contribution in [2.75, 3.05) is 13.1 Å². The third kappa shape index (κ3) is 5.15. The van der Waals surface area contributed by atoms with Crippen LogP contribution in [0.4, 0.5) is 0 Å². The van der Waals surface area contributed by atoms with E-state index in [0.29, 0.717) is 12.6 Å². The maximum Gasteiger partial charge on any atom is 0.246 e. The molecule has 1 N–H and O–H groups in total. The van der Waals surface area contributed by atoms with E-state index < -0.39 is 0 Å². The molecule has 134 valence electrons. The molecule has 1 atom stereocenters. The Morgan fingerprint density at radius 1 is 1.16 bits per heavy atom. The van der Waals surface area contributed by atoms with Gasteiger partial charge in [0, 0.05) is 37.6 Å². The average molecular weight is 341 g/mol. The van der Waals surface area contributed by atoms with Gasteiger partial charge in [-0.2, -0.15) is 0 Å². The number of nitrogens with one attached hydrogen (secondary N) is 1. The first kappa shape index (κ1) is 17.6. The largest absolute Gasteiger partial charge is 0.353 e. The molecule has 0 aromatic carbocycles. The number of amides is 2.